The van der Waals surface area contributed by atoms with Crippen LogP contribution in [0.3, 0.4) is 0 Å². The Hall–Kier alpha value is -0.160. The molecule has 2 bridgehead atoms. The van der Waals surface area contributed by atoms with Gasteiger partial charge in [0.2, 0.25) is 0 Å². The van der Waals surface area contributed by atoms with Gasteiger partial charge in [-0.3, -0.25) is 20.0 Å². The average molecular weight is 182 g/mol. The molecule has 0 aromatic rings. The van der Waals surface area contributed by atoms with Crippen LogP contribution in [0.4, 0.5) is 0 Å². The molecule has 0 aliphatic carbocycles. The van der Waals surface area contributed by atoms with E-state index in [-0.39, 0.29) is 0 Å². The van der Waals surface area contributed by atoms with Crippen molar-refractivity contribution in [1.29, 1.82) is 0 Å². The Morgan fingerprint density at radius 2 is 1.54 bits per heavy atom. The third-order valence-electron chi connectivity index (χ3n) is 3.73. The lowest BCUT2D eigenvalue weighted by molar-refractivity contribution is 0.0166. The van der Waals surface area contributed by atoms with Gasteiger partial charge < -0.3 is 0 Å². The molecule has 74 valence electrons. The van der Waals surface area contributed by atoms with Crippen molar-refractivity contribution in [3.63, 3.8) is 0 Å². The minimum absolute atomic E-state index is 0.684. The third-order valence-corrected chi connectivity index (χ3v) is 3.73. The summed E-state index contributed by atoms with van der Waals surface area (Å²) < 4.78 is 0. The molecule has 0 spiro atoms. The predicted molar refractivity (Wildman–Crippen MR) is 51.1 cm³/mol. The van der Waals surface area contributed by atoms with Gasteiger partial charge in [-0.1, -0.05) is 0 Å². The number of piperazine rings is 1. The van der Waals surface area contributed by atoms with Crippen molar-refractivity contribution in [2.24, 2.45) is 0 Å². The first-order valence-corrected chi connectivity index (χ1v) is 5.29. The summed E-state index contributed by atoms with van der Waals surface area (Å²) in [4.78, 5) is 7.77. The number of hydrogen-bond donors (Lipinski definition) is 1. The fourth-order valence-electron chi connectivity index (χ4n) is 2.99. The third kappa shape index (κ3) is 1.13. The van der Waals surface area contributed by atoms with E-state index in [0.717, 1.165) is 13.3 Å². The van der Waals surface area contributed by atoms with E-state index in [4.69, 9.17) is 0 Å². The summed E-state index contributed by atoms with van der Waals surface area (Å²) in [5.74, 6) is 0. The number of nitrogens with one attached hydrogen (secondary N) is 1. The molecule has 0 amide bonds. The lowest BCUT2D eigenvalue weighted by Crippen LogP contribution is -2.58. The van der Waals surface area contributed by atoms with Crippen molar-refractivity contribution in [2.75, 3.05) is 39.5 Å². The molecule has 3 unspecified atom stereocenters. The normalized spacial score (nSPS) is 46.4. The molecule has 4 nitrogen and oxygen atoms in total. The van der Waals surface area contributed by atoms with Gasteiger partial charge in [-0.15, -0.1) is 0 Å². The zero-order chi connectivity index (χ0) is 8.84. The van der Waals surface area contributed by atoms with Crippen LogP contribution in [0.15, 0.2) is 0 Å². The van der Waals surface area contributed by atoms with Crippen LogP contribution < -0.4 is 5.32 Å². The summed E-state index contributed by atoms with van der Waals surface area (Å²) >= 11 is 0. The topological polar surface area (TPSA) is 21.8 Å². The first-order chi connectivity index (χ1) is 6.36. The quantitative estimate of drug-likeness (QED) is 0.527. The van der Waals surface area contributed by atoms with Gasteiger partial charge in [0.25, 0.3) is 0 Å². The second-order valence-electron chi connectivity index (χ2n) is 4.38. The highest BCUT2D eigenvalue weighted by molar-refractivity contribution is 4.95. The van der Waals surface area contributed by atoms with Gasteiger partial charge in [-0.25, -0.2) is 0 Å². The molecule has 0 aromatic heterocycles. The van der Waals surface area contributed by atoms with E-state index in [0.29, 0.717) is 12.2 Å². The fourth-order valence-corrected chi connectivity index (χ4v) is 2.99. The van der Waals surface area contributed by atoms with Crippen molar-refractivity contribution >= 4 is 0 Å². The number of rotatable bonds is 0. The lowest BCUT2D eigenvalue weighted by atomic mass is 10.1. The van der Waals surface area contributed by atoms with E-state index in [1.165, 1.54) is 26.2 Å². The van der Waals surface area contributed by atoms with Gasteiger partial charge in [0.05, 0.1) is 12.8 Å². The summed E-state index contributed by atoms with van der Waals surface area (Å²) in [6.45, 7) is 9.51. The van der Waals surface area contributed by atoms with Crippen LogP contribution in [0.2, 0.25) is 0 Å². The summed E-state index contributed by atoms with van der Waals surface area (Å²) in [6.07, 6.45) is 0.684. The minimum atomic E-state index is 0.684. The van der Waals surface area contributed by atoms with E-state index in [2.05, 4.69) is 26.9 Å². The zero-order valence-corrected chi connectivity index (χ0v) is 8.24. The van der Waals surface area contributed by atoms with E-state index < -0.39 is 0 Å². The minimum Gasteiger partial charge on any atom is -0.291 e. The van der Waals surface area contributed by atoms with E-state index in [1.807, 2.05) is 0 Å². The molecule has 0 aromatic carbocycles. The Labute approximate surface area is 79.5 Å². The molecule has 1 N–H and O–H groups in total. The second-order valence-corrected chi connectivity index (χ2v) is 4.38. The molecular formula is C9H18N4. The monoisotopic (exact) mass is 182 g/mol. The first kappa shape index (κ1) is 8.17. The SMILES string of the molecule is CC1C2N3CCN1CNCN2CC3. The highest BCUT2D eigenvalue weighted by atomic mass is 15.5. The van der Waals surface area contributed by atoms with Gasteiger partial charge in [0.15, 0.2) is 0 Å². The molecule has 3 rings (SSSR count). The summed E-state index contributed by atoms with van der Waals surface area (Å²) in [5.41, 5.74) is 0. The van der Waals surface area contributed by atoms with Crippen LogP contribution in [0, 0.1) is 0 Å². The standard InChI is InChI=1S/C9H18N4/c1-8-9-11-2-4-12(8)6-10-7-13(9)5-3-11/h8-10H,2-7H2,1H3. The van der Waals surface area contributed by atoms with Crippen LogP contribution in [-0.4, -0.2) is 66.4 Å². The maximum Gasteiger partial charge on any atom is 0.0792 e. The zero-order valence-electron chi connectivity index (χ0n) is 8.24. The second kappa shape index (κ2) is 2.92. The van der Waals surface area contributed by atoms with Gasteiger partial charge in [-0.2, -0.15) is 0 Å². The highest BCUT2D eigenvalue weighted by Gasteiger charge is 2.42. The van der Waals surface area contributed by atoms with Crippen molar-refractivity contribution in [3.8, 4) is 0 Å². The maximum atomic E-state index is 3.50. The molecule has 0 radical (unpaired) electrons. The Kier molecular flexibility index (Phi) is 1.83. The van der Waals surface area contributed by atoms with Crippen LogP contribution in [0.25, 0.3) is 0 Å². The van der Waals surface area contributed by atoms with Crippen molar-refractivity contribution in [1.82, 2.24) is 20.0 Å². The molecular weight excluding hydrogens is 164 g/mol. The molecule has 3 atom stereocenters. The summed E-state index contributed by atoms with van der Waals surface area (Å²) in [6, 6.07) is 0.700. The molecule has 3 saturated heterocycles. The van der Waals surface area contributed by atoms with E-state index in [1.54, 1.807) is 0 Å². The highest BCUT2D eigenvalue weighted by Crippen LogP contribution is 2.25. The van der Waals surface area contributed by atoms with Crippen molar-refractivity contribution in [3.05, 3.63) is 0 Å². The molecule has 3 aliphatic heterocycles. The first-order valence-electron chi connectivity index (χ1n) is 5.29. The Morgan fingerprint density at radius 1 is 0.923 bits per heavy atom. The number of fused-ring (bicyclic) bond motifs is 1. The van der Waals surface area contributed by atoms with Crippen molar-refractivity contribution in [2.45, 2.75) is 19.1 Å². The predicted octanol–water partition coefficient (Wildman–Crippen LogP) is -0.848. The molecule has 13 heavy (non-hydrogen) atoms. The van der Waals surface area contributed by atoms with Crippen molar-refractivity contribution < 1.29 is 0 Å². The molecule has 4 heteroatoms. The smallest absolute Gasteiger partial charge is 0.0792 e. The molecule has 0 saturated carbocycles. The average Bonchev–Trinajstić information content (AvgIpc) is 2.52. The maximum absolute atomic E-state index is 3.50. The van der Waals surface area contributed by atoms with E-state index >= 15 is 0 Å². The van der Waals surface area contributed by atoms with Crippen LogP contribution in [0.1, 0.15) is 6.92 Å². The van der Waals surface area contributed by atoms with Gasteiger partial charge in [0, 0.05) is 38.9 Å². The summed E-state index contributed by atoms with van der Waals surface area (Å²) in [5, 5.41) is 3.50. The van der Waals surface area contributed by atoms with Gasteiger partial charge in [0.1, 0.15) is 0 Å². The van der Waals surface area contributed by atoms with Crippen LogP contribution >= 0.6 is 0 Å². The molecule has 3 fully saturated rings. The fraction of sp³-hybridized carbons (Fsp3) is 1.00. The van der Waals surface area contributed by atoms with E-state index in [9.17, 15) is 0 Å². The lowest BCUT2D eigenvalue weighted by Gasteiger charge is -2.42. The van der Waals surface area contributed by atoms with Gasteiger partial charge in [-0.05, 0) is 6.92 Å². The largest absolute Gasteiger partial charge is 0.291 e. The Bertz CT molecular complexity index is 206. The Morgan fingerprint density at radius 3 is 2.38 bits per heavy atom. The Balaban J connectivity index is 1.91. The summed E-state index contributed by atoms with van der Waals surface area (Å²) in [7, 11) is 0. The number of nitrogens with zero attached hydrogens (tertiary/aromatic N) is 3. The number of hydrogen-bond acceptors (Lipinski definition) is 4. The van der Waals surface area contributed by atoms with Crippen LogP contribution in [-0.2, 0) is 0 Å². The molecule has 3 aliphatic rings. The van der Waals surface area contributed by atoms with Gasteiger partial charge >= 0.3 is 0 Å². The van der Waals surface area contributed by atoms with Crippen LogP contribution in [0.5, 0.6) is 0 Å². The molecule has 3 heterocycles.